The molecule has 2 N–H and O–H groups in total. The SMILES string of the molecule is C=CCO[C@@]12Oc3ccc(OCCN4CC4)cc3[C@H]3[C@H](CCCCO)[C@@H](CCCCO)C=C(C(=NOC(C)(C)C)C[C@@H]1N(C)C(=O)c1ccc4c(c1)OCO4)[C@H]32. The summed E-state index contributed by atoms with van der Waals surface area (Å²) in [4.78, 5) is 24.9. The van der Waals surface area contributed by atoms with Crippen molar-refractivity contribution in [1.29, 1.82) is 0 Å². The number of nitrogens with zero attached hydrogens (tertiary/aromatic N) is 3. The van der Waals surface area contributed by atoms with Crippen LogP contribution in [-0.2, 0) is 9.57 Å². The maximum Gasteiger partial charge on any atom is 0.254 e. The van der Waals surface area contributed by atoms with Crippen LogP contribution in [0.5, 0.6) is 23.0 Å². The Labute approximate surface area is 331 Å². The second-order valence-electron chi connectivity index (χ2n) is 16.7. The number of allylic oxidation sites excluding steroid dienone is 1. The summed E-state index contributed by atoms with van der Waals surface area (Å²) in [6.07, 6.45) is 9.22. The third-order valence-corrected chi connectivity index (χ3v) is 11.7. The number of hydrogen-bond donors (Lipinski definition) is 2. The Bertz CT molecular complexity index is 1780. The lowest BCUT2D eigenvalue weighted by molar-refractivity contribution is -0.252. The number of benzene rings is 2. The maximum absolute atomic E-state index is 14.6. The zero-order valence-electron chi connectivity index (χ0n) is 33.4. The molecule has 304 valence electrons. The second kappa shape index (κ2) is 17.2. The van der Waals surface area contributed by atoms with Gasteiger partial charge in [-0.3, -0.25) is 9.69 Å². The van der Waals surface area contributed by atoms with Crippen LogP contribution in [0.25, 0.3) is 0 Å². The van der Waals surface area contributed by atoms with E-state index >= 15 is 0 Å². The van der Waals surface area contributed by atoms with Crippen molar-refractivity contribution in [1.82, 2.24) is 9.80 Å². The lowest BCUT2D eigenvalue weighted by Gasteiger charge is -2.59. The predicted octanol–water partition coefficient (Wildman–Crippen LogP) is 6.31. The summed E-state index contributed by atoms with van der Waals surface area (Å²) in [5, 5.41) is 24.6. The van der Waals surface area contributed by atoms with Gasteiger partial charge in [-0.25, -0.2) is 0 Å². The van der Waals surface area contributed by atoms with Gasteiger partial charge < -0.3 is 43.6 Å². The molecule has 0 radical (unpaired) electrons. The monoisotopic (exact) mass is 773 g/mol. The summed E-state index contributed by atoms with van der Waals surface area (Å²) in [5.41, 5.74) is 2.67. The first-order valence-corrected chi connectivity index (χ1v) is 20.4. The van der Waals surface area contributed by atoms with Crippen molar-refractivity contribution in [3.8, 4) is 23.0 Å². The van der Waals surface area contributed by atoms with Crippen molar-refractivity contribution >= 4 is 11.6 Å². The van der Waals surface area contributed by atoms with Gasteiger partial charge in [0.05, 0.1) is 18.2 Å². The minimum atomic E-state index is -1.34. The van der Waals surface area contributed by atoms with Crippen molar-refractivity contribution in [2.45, 2.75) is 89.1 Å². The van der Waals surface area contributed by atoms with Crippen molar-refractivity contribution in [3.63, 3.8) is 0 Å². The number of amides is 1. The van der Waals surface area contributed by atoms with Crippen molar-refractivity contribution in [2.24, 2.45) is 22.9 Å². The first kappa shape index (κ1) is 40.1. The van der Waals surface area contributed by atoms with Crippen molar-refractivity contribution in [2.75, 3.05) is 59.9 Å². The fourth-order valence-corrected chi connectivity index (χ4v) is 8.97. The molecule has 12 nitrogen and oxygen atoms in total. The Morgan fingerprint density at radius 3 is 2.52 bits per heavy atom. The van der Waals surface area contributed by atoms with Gasteiger partial charge in [-0.15, -0.1) is 6.58 Å². The number of ether oxygens (including phenoxy) is 5. The molecule has 1 saturated heterocycles. The summed E-state index contributed by atoms with van der Waals surface area (Å²) >= 11 is 0. The molecule has 0 unspecified atom stereocenters. The van der Waals surface area contributed by atoms with Crippen LogP contribution >= 0.6 is 0 Å². The third-order valence-electron chi connectivity index (χ3n) is 11.7. The lowest BCUT2D eigenvalue weighted by Crippen LogP contribution is -2.69. The molecule has 5 aliphatic rings. The van der Waals surface area contributed by atoms with E-state index in [-0.39, 0.29) is 50.3 Å². The fraction of sp³-hybridized carbons (Fsp3) is 0.591. The summed E-state index contributed by atoms with van der Waals surface area (Å²) in [6.45, 7) is 14.2. The van der Waals surface area contributed by atoms with Crippen LogP contribution < -0.4 is 18.9 Å². The number of likely N-dealkylation sites (N-methyl/N-ethyl adjacent to an activating group) is 1. The number of carbonyl (C=O) groups is 1. The smallest absolute Gasteiger partial charge is 0.254 e. The van der Waals surface area contributed by atoms with Gasteiger partial charge >= 0.3 is 0 Å². The minimum absolute atomic E-state index is 0.106. The molecule has 0 spiro atoms. The number of hydrogen-bond acceptors (Lipinski definition) is 11. The van der Waals surface area contributed by atoms with E-state index in [0.29, 0.717) is 48.7 Å². The van der Waals surface area contributed by atoms with Gasteiger partial charge in [0.1, 0.15) is 29.7 Å². The van der Waals surface area contributed by atoms with Gasteiger partial charge in [-0.05, 0) is 100 Å². The zero-order valence-corrected chi connectivity index (χ0v) is 33.4. The normalized spacial score (nSPS) is 26.8. The summed E-state index contributed by atoms with van der Waals surface area (Å²) < 4.78 is 31.9. The van der Waals surface area contributed by atoms with E-state index in [1.54, 1.807) is 36.2 Å². The molecule has 56 heavy (non-hydrogen) atoms. The predicted molar refractivity (Wildman–Crippen MR) is 212 cm³/mol. The minimum Gasteiger partial charge on any atom is -0.492 e. The van der Waals surface area contributed by atoms with Crippen LogP contribution in [0.1, 0.15) is 87.6 Å². The zero-order chi connectivity index (χ0) is 39.5. The van der Waals surface area contributed by atoms with E-state index in [9.17, 15) is 15.0 Å². The highest BCUT2D eigenvalue weighted by atomic mass is 16.7. The average Bonchev–Trinajstić information content (AvgIpc) is 3.89. The van der Waals surface area contributed by atoms with E-state index in [1.165, 1.54) is 0 Å². The Hall–Kier alpha value is -4.10. The molecule has 3 aliphatic heterocycles. The fourth-order valence-electron chi connectivity index (χ4n) is 8.97. The molecule has 7 rings (SSSR count). The van der Waals surface area contributed by atoms with Crippen LogP contribution in [0.3, 0.4) is 0 Å². The Morgan fingerprint density at radius 2 is 1.79 bits per heavy atom. The molecule has 0 aromatic heterocycles. The summed E-state index contributed by atoms with van der Waals surface area (Å²) in [5.74, 6) is 0.756. The Balaban J connectivity index is 1.39. The second-order valence-corrected chi connectivity index (χ2v) is 16.7. The molecule has 2 aromatic rings. The van der Waals surface area contributed by atoms with E-state index < -0.39 is 23.3 Å². The number of aliphatic hydroxyl groups excluding tert-OH is 2. The largest absolute Gasteiger partial charge is 0.492 e. The highest BCUT2D eigenvalue weighted by molar-refractivity contribution is 6.03. The molecule has 3 heterocycles. The molecule has 2 aliphatic carbocycles. The molecule has 6 atom stereocenters. The van der Waals surface area contributed by atoms with Crippen LogP contribution in [-0.4, -0.2) is 109 Å². The number of unbranched alkanes of at least 4 members (excludes halogenated alkanes) is 2. The summed E-state index contributed by atoms with van der Waals surface area (Å²) in [6, 6.07) is 10.7. The number of rotatable bonds is 18. The molecule has 0 bridgehead atoms. The van der Waals surface area contributed by atoms with Gasteiger partial charge in [-0.1, -0.05) is 30.1 Å². The first-order valence-electron chi connectivity index (χ1n) is 20.4. The van der Waals surface area contributed by atoms with Gasteiger partial charge in [0.2, 0.25) is 12.6 Å². The van der Waals surface area contributed by atoms with Crippen molar-refractivity contribution in [3.05, 3.63) is 71.8 Å². The lowest BCUT2D eigenvalue weighted by atomic mass is 9.55. The number of aliphatic hydroxyl groups is 2. The average molecular weight is 774 g/mol. The van der Waals surface area contributed by atoms with Gasteiger partial charge in [-0.2, -0.15) is 0 Å². The Morgan fingerprint density at radius 1 is 1.04 bits per heavy atom. The van der Waals surface area contributed by atoms with E-state index in [0.717, 1.165) is 67.9 Å². The van der Waals surface area contributed by atoms with E-state index in [2.05, 4.69) is 23.6 Å². The van der Waals surface area contributed by atoms with Crippen LogP contribution in [0, 0.1) is 17.8 Å². The standard InChI is InChI=1S/C44H59N3O9/c1-6-22-54-44-39(46(5)42(50)30-13-15-37-38(25-30)53-28-52-37)27-35(45-56-43(2,3)4)33-24-29(11-7-9-20-48)32(12-8-10-21-49)40(41(33)44)34-26-31(14-16-36(34)55-44)51-23-19-47-17-18-47/h6,13-16,24-26,29,32,39-41,48-49H,1,7-12,17-23,27-28H2,2-5H3/t29-,32+,39-,40+,41+,44+/m0/s1. The molecule has 12 heteroatoms. The first-order chi connectivity index (χ1) is 27.1. The Kier molecular flexibility index (Phi) is 12.3. The molecule has 2 aromatic carbocycles. The quantitative estimate of drug-likeness (QED) is 0.0769. The van der Waals surface area contributed by atoms with Crippen LogP contribution in [0.15, 0.2) is 65.9 Å². The van der Waals surface area contributed by atoms with Crippen LogP contribution in [0.2, 0.25) is 0 Å². The van der Waals surface area contributed by atoms with E-state index in [4.69, 9.17) is 33.7 Å². The molecule has 1 amide bonds. The number of fused-ring (bicyclic) bond motifs is 3. The van der Waals surface area contributed by atoms with E-state index in [1.807, 2.05) is 32.9 Å². The maximum atomic E-state index is 14.6. The number of oxime groups is 1. The molecule has 1 saturated carbocycles. The van der Waals surface area contributed by atoms with Gasteiger partial charge in [0.25, 0.3) is 5.91 Å². The number of carbonyl (C=O) groups excluding carboxylic acids is 1. The third kappa shape index (κ3) is 8.44. The summed E-state index contributed by atoms with van der Waals surface area (Å²) in [7, 11) is 1.80. The van der Waals surface area contributed by atoms with Gasteiger partial charge in [0, 0.05) is 63.4 Å². The highest BCUT2D eigenvalue weighted by Gasteiger charge is 2.65. The molecule has 2 fully saturated rings. The molecular weight excluding hydrogens is 714 g/mol. The highest BCUT2D eigenvalue weighted by Crippen LogP contribution is 2.62. The van der Waals surface area contributed by atoms with Gasteiger partial charge in [0.15, 0.2) is 11.5 Å². The van der Waals surface area contributed by atoms with Crippen molar-refractivity contribution < 1.29 is 43.5 Å². The molecular formula is C44H59N3O9. The van der Waals surface area contributed by atoms with Crippen LogP contribution in [0.4, 0.5) is 0 Å². The topological polar surface area (TPSA) is 132 Å².